The topological polar surface area (TPSA) is 29.5 Å². The van der Waals surface area contributed by atoms with Crippen LogP contribution in [-0.4, -0.2) is 33.6 Å². The summed E-state index contributed by atoms with van der Waals surface area (Å²) in [5, 5.41) is 0. The van der Waals surface area contributed by atoms with E-state index in [4.69, 9.17) is 4.74 Å². The summed E-state index contributed by atoms with van der Waals surface area (Å²) in [6.45, 7) is 7.34. The van der Waals surface area contributed by atoms with Crippen LogP contribution in [0.5, 0.6) is 0 Å². The highest BCUT2D eigenvalue weighted by Crippen LogP contribution is 2.19. The molecule has 0 radical (unpaired) electrons. The lowest BCUT2D eigenvalue weighted by atomic mass is 10.2. The molecule has 13 heavy (non-hydrogen) atoms. The predicted molar refractivity (Wildman–Crippen MR) is 60.2 cm³/mol. The highest BCUT2D eigenvalue weighted by atomic mass is 127. The van der Waals surface area contributed by atoms with Gasteiger partial charge in [0.25, 0.3) is 0 Å². The van der Waals surface area contributed by atoms with Crippen LogP contribution in [-0.2, 0) is 4.74 Å². The molecule has 0 N–H and O–H groups in total. The van der Waals surface area contributed by atoms with Gasteiger partial charge in [0.1, 0.15) is 5.60 Å². The number of likely N-dealkylation sites (tertiary alicyclic amines) is 1. The Bertz CT molecular complexity index is 200. The Morgan fingerprint density at radius 3 is 2.54 bits per heavy atom. The second kappa shape index (κ2) is 4.02. The first-order valence-electron chi connectivity index (χ1n) is 4.50. The summed E-state index contributed by atoms with van der Waals surface area (Å²) < 4.78 is 5.84. The maximum atomic E-state index is 11.5. The van der Waals surface area contributed by atoms with Gasteiger partial charge in [-0.2, -0.15) is 0 Å². The number of amides is 1. The molecule has 1 rings (SSSR count). The fraction of sp³-hybridized carbons (Fsp3) is 0.889. The van der Waals surface area contributed by atoms with E-state index < -0.39 is 0 Å². The Labute approximate surface area is 92.9 Å². The summed E-state index contributed by atoms with van der Waals surface area (Å²) in [7, 11) is 0. The molecule has 0 aromatic heterocycles. The van der Waals surface area contributed by atoms with E-state index in [2.05, 4.69) is 22.6 Å². The summed E-state index contributed by atoms with van der Waals surface area (Å²) in [4.78, 5) is 13.3. The number of carbonyl (C=O) groups is 1. The van der Waals surface area contributed by atoms with E-state index in [0.29, 0.717) is 3.92 Å². The molecular weight excluding hydrogens is 281 g/mol. The molecule has 0 aliphatic carbocycles. The van der Waals surface area contributed by atoms with Gasteiger partial charge in [-0.05, 0) is 27.2 Å². The van der Waals surface area contributed by atoms with Crippen LogP contribution in [0.4, 0.5) is 4.79 Å². The van der Waals surface area contributed by atoms with Crippen molar-refractivity contribution in [2.45, 2.75) is 36.7 Å². The van der Waals surface area contributed by atoms with Gasteiger partial charge < -0.3 is 9.64 Å². The molecule has 0 spiro atoms. The molecule has 0 aromatic rings. The molecule has 0 unspecified atom stereocenters. The van der Waals surface area contributed by atoms with Crippen molar-refractivity contribution in [1.29, 1.82) is 0 Å². The Hall–Kier alpha value is 0. The van der Waals surface area contributed by atoms with Gasteiger partial charge in [0.2, 0.25) is 0 Å². The van der Waals surface area contributed by atoms with E-state index in [1.165, 1.54) is 0 Å². The lowest BCUT2D eigenvalue weighted by Crippen LogP contribution is -2.35. The molecule has 1 aliphatic heterocycles. The molecule has 0 aromatic carbocycles. The minimum atomic E-state index is -0.375. The SMILES string of the molecule is CC(C)(C)OC(=O)N1CC[C@@H](I)C1. The zero-order valence-electron chi connectivity index (χ0n) is 8.34. The van der Waals surface area contributed by atoms with Crippen LogP contribution in [0.2, 0.25) is 0 Å². The highest BCUT2D eigenvalue weighted by Gasteiger charge is 2.28. The monoisotopic (exact) mass is 297 g/mol. The molecule has 1 aliphatic rings. The fourth-order valence-electron chi connectivity index (χ4n) is 1.21. The normalized spacial score (nSPS) is 23.4. The Balaban J connectivity index is 2.41. The van der Waals surface area contributed by atoms with Gasteiger partial charge in [-0.1, -0.05) is 22.6 Å². The first-order valence-corrected chi connectivity index (χ1v) is 5.75. The van der Waals surface area contributed by atoms with Crippen molar-refractivity contribution in [2.75, 3.05) is 13.1 Å². The number of hydrogen-bond donors (Lipinski definition) is 0. The number of halogens is 1. The van der Waals surface area contributed by atoms with Gasteiger partial charge in [-0.15, -0.1) is 0 Å². The van der Waals surface area contributed by atoms with Crippen molar-refractivity contribution in [2.24, 2.45) is 0 Å². The number of nitrogens with zero attached hydrogens (tertiary/aromatic N) is 1. The van der Waals surface area contributed by atoms with E-state index in [1.807, 2.05) is 20.8 Å². The molecular formula is C9H16INO2. The molecule has 1 heterocycles. The Kier molecular flexibility index (Phi) is 3.43. The van der Waals surface area contributed by atoms with Crippen molar-refractivity contribution in [3.05, 3.63) is 0 Å². The standard InChI is InChI=1S/C9H16INO2/c1-9(2,3)13-8(12)11-5-4-7(10)6-11/h7H,4-6H2,1-3H3/t7-/m1/s1. The summed E-state index contributed by atoms with van der Waals surface area (Å²) >= 11 is 2.37. The zero-order chi connectivity index (χ0) is 10.1. The maximum absolute atomic E-state index is 11.5. The lowest BCUT2D eigenvalue weighted by Gasteiger charge is -2.24. The minimum absolute atomic E-state index is 0.174. The molecule has 1 fully saturated rings. The first-order chi connectivity index (χ1) is 5.88. The molecule has 1 atom stereocenters. The van der Waals surface area contributed by atoms with E-state index in [9.17, 15) is 4.79 Å². The molecule has 0 saturated carbocycles. The molecule has 1 amide bonds. The third-order valence-electron chi connectivity index (χ3n) is 1.78. The Morgan fingerprint density at radius 1 is 1.54 bits per heavy atom. The molecule has 0 bridgehead atoms. The second-order valence-electron chi connectivity index (χ2n) is 4.31. The zero-order valence-corrected chi connectivity index (χ0v) is 10.5. The van der Waals surface area contributed by atoms with Crippen LogP contribution in [0.25, 0.3) is 0 Å². The molecule has 4 heteroatoms. The molecule has 76 valence electrons. The average Bonchev–Trinajstić information content (AvgIpc) is 2.31. The van der Waals surface area contributed by atoms with Gasteiger partial charge in [-0.25, -0.2) is 4.79 Å². The van der Waals surface area contributed by atoms with Crippen LogP contribution < -0.4 is 0 Å². The summed E-state index contributed by atoms with van der Waals surface area (Å²) in [5.41, 5.74) is -0.375. The van der Waals surface area contributed by atoms with Crippen LogP contribution in [0.3, 0.4) is 0 Å². The number of hydrogen-bond acceptors (Lipinski definition) is 2. The summed E-state index contributed by atoms with van der Waals surface area (Å²) in [6.07, 6.45) is 0.909. The largest absolute Gasteiger partial charge is 0.444 e. The van der Waals surface area contributed by atoms with Crippen LogP contribution >= 0.6 is 22.6 Å². The van der Waals surface area contributed by atoms with Gasteiger partial charge in [0.15, 0.2) is 0 Å². The van der Waals surface area contributed by atoms with Gasteiger partial charge >= 0.3 is 6.09 Å². The Morgan fingerprint density at radius 2 is 2.15 bits per heavy atom. The molecule has 3 nitrogen and oxygen atoms in total. The van der Waals surface area contributed by atoms with E-state index in [1.54, 1.807) is 4.90 Å². The third kappa shape index (κ3) is 3.70. The predicted octanol–water partition coefficient (Wildman–Crippen LogP) is 2.43. The van der Waals surface area contributed by atoms with Crippen LogP contribution in [0.1, 0.15) is 27.2 Å². The number of alkyl halides is 1. The number of rotatable bonds is 0. The van der Waals surface area contributed by atoms with Gasteiger partial charge in [-0.3, -0.25) is 0 Å². The van der Waals surface area contributed by atoms with Gasteiger partial charge in [0, 0.05) is 17.0 Å². The number of carbonyl (C=O) groups excluding carboxylic acids is 1. The lowest BCUT2D eigenvalue weighted by molar-refractivity contribution is 0.0296. The van der Waals surface area contributed by atoms with Crippen molar-refractivity contribution in [1.82, 2.24) is 4.90 Å². The van der Waals surface area contributed by atoms with Crippen molar-refractivity contribution in [3.63, 3.8) is 0 Å². The average molecular weight is 297 g/mol. The van der Waals surface area contributed by atoms with Crippen molar-refractivity contribution in [3.8, 4) is 0 Å². The number of ether oxygens (including phenoxy) is 1. The first kappa shape index (κ1) is 11.1. The second-order valence-corrected chi connectivity index (χ2v) is 6.07. The fourth-order valence-corrected chi connectivity index (χ4v) is 1.96. The summed E-state index contributed by atoms with van der Waals surface area (Å²) in [5.74, 6) is 0. The van der Waals surface area contributed by atoms with Crippen molar-refractivity contribution >= 4 is 28.7 Å². The van der Waals surface area contributed by atoms with Crippen LogP contribution in [0, 0.1) is 0 Å². The maximum Gasteiger partial charge on any atom is 0.410 e. The van der Waals surface area contributed by atoms with Gasteiger partial charge in [0.05, 0.1) is 0 Å². The third-order valence-corrected chi connectivity index (χ3v) is 2.80. The summed E-state index contributed by atoms with van der Waals surface area (Å²) in [6, 6.07) is 0. The van der Waals surface area contributed by atoms with Crippen LogP contribution in [0.15, 0.2) is 0 Å². The highest BCUT2D eigenvalue weighted by molar-refractivity contribution is 14.1. The van der Waals surface area contributed by atoms with E-state index >= 15 is 0 Å². The quantitative estimate of drug-likeness (QED) is 0.508. The van der Waals surface area contributed by atoms with Crippen molar-refractivity contribution < 1.29 is 9.53 Å². The molecule has 1 saturated heterocycles. The smallest absolute Gasteiger partial charge is 0.410 e. The van der Waals surface area contributed by atoms with E-state index in [-0.39, 0.29) is 11.7 Å². The van der Waals surface area contributed by atoms with E-state index in [0.717, 1.165) is 19.5 Å². The minimum Gasteiger partial charge on any atom is -0.444 e.